The number of benzene rings is 1. The van der Waals surface area contributed by atoms with E-state index in [1.165, 1.54) is 17.8 Å². The maximum atomic E-state index is 11.4. The summed E-state index contributed by atoms with van der Waals surface area (Å²) < 4.78 is 35.7. The fourth-order valence-electron chi connectivity index (χ4n) is 3.30. The monoisotopic (exact) mass is 513 g/mol. The molecule has 3 rings (SSSR count). The SMILES string of the molecule is CC(C)(C)[Si](C)(C)OC(CCc1cccnc1)COc1ccc(-c2ccc(S(N)(=O)=O)nc2)cc1. The Kier molecular flexibility index (Phi) is 8.48. The summed E-state index contributed by atoms with van der Waals surface area (Å²) in [5, 5.41) is 5.07. The summed E-state index contributed by atoms with van der Waals surface area (Å²) in [6.07, 6.45) is 6.86. The Hall–Kier alpha value is -2.59. The molecule has 2 N–H and O–H groups in total. The average Bonchev–Trinajstić information content (AvgIpc) is 2.80. The summed E-state index contributed by atoms with van der Waals surface area (Å²) >= 11 is 0. The van der Waals surface area contributed by atoms with Crippen molar-refractivity contribution in [2.24, 2.45) is 5.14 Å². The van der Waals surface area contributed by atoms with Crippen LogP contribution in [0.15, 0.2) is 72.1 Å². The minimum atomic E-state index is -3.81. The number of aromatic nitrogens is 2. The van der Waals surface area contributed by atoms with E-state index in [-0.39, 0.29) is 16.2 Å². The Morgan fingerprint density at radius 3 is 2.23 bits per heavy atom. The minimum absolute atomic E-state index is 0.0364. The van der Waals surface area contributed by atoms with Crippen LogP contribution in [-0.4, -0.2) is 39.4 Å². The lowest BCUT2D eigenvalue weighted by atomic mass is 10.1. The Morgan fingerprint density at radius 1 is 1.00 bits per heavy atom. The zero-order chi connectivity index (χ0) is 25.7. The zero-order valence-corrected chi connectivity index (χ0v) is 22.9. The van der Waals surface area contributed by atoms with Gasteiger partial charge in [0.05, 0.1) is 6.10 Å². The van der Waals surface area contributed by atoms with E-state index in [9.17, 15) is 8.42 Å². The highest BCUT2D eigenvalue weighted by Gasteiger charge is 2.39. The van der Waals surface area contributed by atoms with Crippen LogP contribution in [0.1, 0.15) is 32.8 Å². The van der Waals surface area contributed by atoms with Gasteiger partial charge in [-0.25, -0.2) is 18.5 Å². The van der Waals surface area contributed by atoms with Crippen LogP contribution in [0.3, 0.4) is 0 Å². The van der Waals surface area contributed by atoms with Crippen LogP contribution in [0.5, 0.6) is 5.75 Å². The number of hydrogen-bond acceptors (Lipinski definition) is 6. The minimum Gasteiger partial charge on any atom is -0.491 e. The molecule has 0 spiro atoms. The Morgan fingerprint density at radius 2 is 1.69 bits per heavy atom. The van der Waals surface area contributed by atoms with Crippen LogP contribution in [0, 0.1) is 0 Å². The molecule has 3 aromatic rings. The predicted molar refractivity (Wildman–Crippen MR) is 141 cm³/mol. The number of nitrogens with zero attached hydrogens (tertiary/aromatic N) is 2. The number of sulfonamides is 1. The quantitative estimate of drug-likeness (QED) is 0.374. The van der Waals surface area contributed by atoms with Crippen molar-refractivity contribution in [3.63, 3.8) is 0 Å². The lowest BCUT2D eigenvalue weighted by Crippen LogP contribution is -2.45. The largest absolute Gasteiger partial charge is 0.491 e. The van der Waals surface area contributed by atoms with Crippen LogP contribution < -0.4 is 9.88 Å². The van der Waals surface area contributed by atoms with E-state index in [0.717, 1.165) is 29.7 Å². The molecule has 1 aromatic carbocycles. The molecule has 0 amide bonds. The van der Waals surface area contributed by atoms with Gasteiger partial charge in [-0.2, -0.15) is 0 Å². The molecule has 0 aliphatic heterocycles. The second-order valence-electron chi connectivity index (χ2n) is 10.2. The van der Waals surface area contributed by atoms with E-state index in [1.807, 2.05) is 36.5 Å². The van der Waals surface area contributed by atoms with E-state index >= 15 is 0 Å². The standard InChI is InChI=1S/C26H35N3O4SSi/c1-26(2,3)35(4,5)33-24(12-8-20-7-6-16-28-17-20)19-32-23-13-9-21(10-14-23)22-11-15-25(29-18-22)34(27,30)31/h6-7,9-11,13-18,24H,8,12,19H2,1-5H3,(H2,27,30,31). The average molecular weight is 514 g/mol. The summed E-state index contributed by atoms with van der Waals surface area (Å²) in [4.78, 5) is 8.16. The van der Waals surface area contributed by atoms with Gasteiger partial charge in [0.25, 0.3) is 10.0 Å². The van der Waals surface area contributed by atoms with Gasteiger partial charge < -0.3 is 9.16 Å². The van der Waals surface area contributed by atoms with Crippen LogP contribution in [0.25, 0.3) is 11.1 Å². The smallest absolute Gasteiger partial charge is 0.255 e. The first-order chi connectivity index (χ1) is 16.3. The fraction of sp³-hybridized carbons (Fsp3) is 0.385. The summed E-state index contributed by atoms with van der Waals surface area (Å²) in [5.74, 6) is 0.744. The van der Waals surface area contributed by atoms with Gasteiger partial charge in [0, 0.05) is 24.2 Å². The van der Waals surface area contributed by atoms with E-state index in [1.54, 1.807) is 12.3 Å². The van der Waals surface area contributed by atoms with Crippen molar-refractivity contribution in [3.05, 3.63) is 72.7 Å². The van der Waals surface area contributed by atoms with Crippen molar-refractivity contribution in [1.29, 1.82) is 0 Å². The number of primary sulfonamides is 1. The topological polar surface area (TPSA) is 104 Å². The van der Waals surface area contributed by atoms with Gasteiger partial charge in [-0.15, -0.1) is 0 Å². The highest BCUT2D eigenvalue weighted by Crippen LogP contribution is 2.38. The third-order valence-corrected chi connectivity index (χ3v) is 11.8. The molecule has 2 heterocycles. The number of hydrogen-bond donors (Lipinski definition) is 1. The number of rotatable bonds is 10. The van der Waals surface area contributed by atoms with Gasteiger partial charge in [0.2, 0.25) is 0 Å². The van der Waals surface area contributed by atoms with E-state index in [4.69, 9.17) is 14.3 Å². The third kappa shape index (κ3) is 7.70. The molecule has 0 aliphatic carbocycles. The van der Waals surface area contributed by atoms with Gasteiger partial charge >= 0.3 is 0 Å². The van der Waals surface area contributed by atoms with Crippen molar-refractivity contribution in [1.82, 2.24) is 9.97 Å². The molecule has 1 atom stereocenters. The van der Waals surface area contributed by atoms with Crippen LogP contribution in [0.2, 0.25) is 18.1 Å². The maximum absolute atomic E-state index is 11.4. The maximum Gasteiger partial charge on any atom is 0.255 e. The van der Waals surface area contributed by atoms with Crippen molar-refractivity contribution in [2.45, 2.75) is 62.9 Å². The van der Waals surface area contributed by atoms with Crippen molar-refractivity contribution in [3.8, 4) is 16.9 Å². The molecule has 35 heavy (non-hydrogen) atoms. The molecule has 0 saturated carbocycles. The molecule has 7 nitrogen and oxygen atoms in total. The number of pyridine rings is 2. The molecule has 0 bridgehead atoms. The second kappa shape index (κ2) is 11.0. The highest BCUT2D eigenvalue weighted by molar-refractivity contribution is 7.89. The molecule has 2 aromatic heterocycles. The lowest BCUT2D eigenvalue weighted by Gasteiger charge is -2.39. The summed E-state index contributed by atoms with van der Waals surface area (Å²) in [6.45, 7) is 11.7. The number of nitrogens with two attached hydrogens (primary N) is 1. The van der Waals surface area contributed by atoms with Crippen molar-refractivity contribution < 1.29 is 17.6 Å². The first-order valence-corrected chi connectivity index (χ1v) is 16.1. The Balaban J connectivity index is 1.67. The van der Waals surface area contributed by atoms with E-state index in [0.29, 0.717) is 6.61 Å². The molecule has 1 unspecified atom stereocenters. The summed E-state index contributed by atoms with van der Waals surface area (Å²) in [6, 6.07) is 14.8. The first-order valence-electron chi connectivity index (χ1n) is 11.6. The van der Waals surface area contributed by atoms with Gasteiger partial charge in [-0.1, -0.05) is 39.0 Å². The van der Waals surface area contributed by atoms with E-state index < -0.39 is 18.3 Å². The van der Waals surface area contributed by atoms with E-state index in [2.05, 4.69) is 49.9 Å². The first kappa shape index (κ1) is 27.0. The fourth-order valence-corrected chi connectivity index (χ4v) is 5.13. The second-order valence-corrected chi connectivity index (χ2v) is 16.4. The summed E-state index contributed by atoms with van der Waals surface area (Å²) in [5.41, 5.74) is 2.87. The molecule has 0 saturated heterocycles. The number of aryl methyl sites for hydroxylation is 1. The van der Waals surface area contributed by atoms with Gasteiger partial charge in [-0.05, 0) is 72.4 Å². The Labute approximate surface area is 209 Å². The van der Waals surface area contributed by atoms with Crippen molar-refractivity contribution in [2.75, 3.05) is 6.61 Å². The molecule has 9 heteroatoms. The lowest BCUT2D eigenvalue weighted by molar-refractivity contribution is 0.108. The molecule has 188 valence electrons. The predicted octanol–water partition coefficient (Wildman–Crippen LogP) is 5.19. The molecular weight excluding hydrogens is 478 g/mol. The van der Waals surface area contributed by atoms with Crippen molar-refractivity contribution >= 4 is 18.3 Å². The molecule has 0 aliphatic rings. The number of ether oxygens (including phenoxy) is 1. The Bertz CT molecular complexity index is 1190. The third-order valence-electron chi connectivity index (χ3n) is 6.40. The summed E-state index contributed by atoms with van der Waals surface area (Å²) in [7, 11) is -5.78. The van der Waals surface area contributed by atoms with Crippen LogP contribution in [0.4, 0.5) is 0 Å². The zero-order valence-electron chi connectivity index (χ0n) is 21.1. The van der Waals surface area contributed by atoms with Crippen LogP contribution >= 0.6 is 0 Å². The van der Waals surface area contributed by atoms with Crippen LogP contribution in [-0.2, 0) is 20.9 Å². The molecular formula is C26H35N3O4SSi. The van der Waals surface area contributed by atoms with Gasteiger partial charge in [0.1, 0.15) is 12.4 Å². The van der Waals surface area contributed by atoms with Gasteiger partial charge in [-0.3, -0.25) is 4.98 Å². The highest BCUT2D eigenvalue weighted by atomic mass is 32.2. The molecule has 0 radical (unpaired) electrons. The normalized spacial score (nSPS) is 13.4. The van der Waals surface area contributed by atoms with Gasteiger partial charge in [0.15, 0.2) is 13.3 Å². The molecule has 0 fully saturated rings.